The Morgan fingerprint density at radius 3 is 1.96 bits per heavy atom. The molecule has 0 radical (unpaired) electrons. The monoisotopic (exact) mass is 796 g/mol. The van der Waals surface area contributed by atoms with E-state index in [9.17, 15) is 29.5 Å². The fourth-order valence-corrected chi connectivity index (χ4v) is 6.88. The summed E-state index contributed by atoms with van der Waals surface area (Å²) in [4.78, 5) is 43.1. The Morgan fingerprint density at radius 2 is 1.33 bits per heavy atom. The van der Waals surface area contributed by atoms with Crippen molar-refractivity contribution >= 4 is 19.8 Å². The molecule has 1 saturated carbocycles. The highest BCUT2D eigenvalue weighted by Gasteiger charge is 2.39. The molecule has 0 spiro atoms. The van der Waals surface area contributed by atoms with Gasteiger partial charge in [0.2, 0.25) is 0 Å². The lowest BCUT2D eigenvalue weighted by atomic mass is 9.88. The Bertz CT molecular complexity index is 1190. The number of aliphatic hydroxyl groups is 3. The van der Waals surface area contributed by atoms with Crippen molar-refractivity contribution in [1.82, 2.24) is 0 Å². The molecule has 6 atom stereocenters. The van der Waals surface area contributed by atoms with Crippen molar-refractivity contribution in [2.75, 3.05) is 13.2 Å². The standard InChI is InChI=1S/C43H73O11P/c1-3-5-7-8-9-10-11-12-13-14-15-16-17-18-19-20-25-29-42(47)52-34-37(35-53-55(49,50)51)54-43(48)30-26-22-21-24-28-38-39(41(46)33-40(38)45)32-31-36(44)27-23-6-4-2/h5,7,9-10,12-13,15-16,31-32,36-41,44-46H,3-4,6,8,11,14,17-30,33-35H2,1-2H3,(H2,49,50,51)/b7-5-,10-9-,13-12-,16-15-,32-31+/t36-,37+,38+,39+,40-,41+/m0/s1. The van der Waals surface area contributed by atoms with Crippen molar-refractivity contribution in [1.29, 1.82) is 0 Å². The summed E-state index contributed by atoms with van der Waals surface area (Å²) in [6, 6.07) is 0. The normalized spacial score (nSPS) is 20.5. The molecule has 316 valence electrons. The van der Waals surface area contributed by atoms with E-state index in [2.05, 4.69) is 67.0 Å². The molecular formula is C43H73O11P. The van der Waals surface area contributed by atoms with Gasteiger partial charge in [-0.15, -0.1) is 0 Å². The Morgan fingerprint density at radius 1 is 0.727 bits per heavy atom. The van der Waals surface area contributed by atoms with Crippen LogP contribution in [0.5, 0.6) is 0 Å². The van der Waals surface area contributed by atoms with E-state index in [-0.39, 0.29) is 31.3 Å². The van der Waals surface area contributed by atoms with Gasteiger partial charge in [0, 0.05) is 25.2 Å². The molecule has 5 N–H and O–H groups in total. The van der Waals surface area contributed by atoms with Crippen molar-refractivity contribution in [2.45, 2.75) is 173 Å². The maximum atomic E-state index is 12.5. The maximum Gasteiger partial charge on any atom is 0.469 e. The number of rotatable bonds is 33. The van der Waals surface area contributed by atoms with Gasteiger partial charge in [-0.1, -0.05) is 126 Å². The lowest BCUT2D eigenvalue weighted by Crippen LogP contribution is -2.29. The van der Waals surface area contributed by atoms with E-state index >= 15 is 0 Å². The highest BCUT2D eigenvalue weighted by molar-refractivity contribution is 7.46. The number of unbranched alkanes of at least 4 members (excludes halogenated alkanes) is 9. The molecule has 1 rings (SSSR count). The second-order valence-corrected chi connectivity index (χ2v) is 15.8. The van der Waals surface area contributed by atoms with Crippen LogP contribution in [0, 0.1) is 11.8 Å². The summed E-state index contributed by atoms with van der Waals surface area (Å²) in [6.07, 6.45) is 34.3. The molecule has 12 heteroatoms. The van der Waals surface area contributed by atoms with Gasteiger partial charge in [-0.25, -0.2) is 4.57 Å². The number of aliphatic hydroxyl groups excluding tert-OH is 3. The Kier molecular flexibility index (Phi) is 30.1. The van der Waals surface area contributed by atoms with Crippen molar-refractivity contribution in [3.05, 3.63) is 60.8 Å². The predicted molar refractivity (Wildman–Crippen MR) is 218 cm³/mol. The SMILES string of the molecule is CC/C=C\C/C=C\C/C=C\C/C=C\CCCCCCC(=O)OC[C@H](COP(=O)(O)O)OC(=O)CCCCCC[C@@H]1[C@@H](/C=C/[C@@H](O)CCCCC)[C@H](O)C[C@@H]1O. The largest absolute Gasteiger partial charge is 0.469 e. The minimum Gasteiger partial charge on any atom is -0.462 e. The van der Waals surface area contributed by atoms with Crippen LogP contribution < -0.4 is 0 Å². The maximum absolute atomic E-state index is 12.5. The molecule has 0 aromatic heterocycles. The second-order valence-electron chi connectivity index (χ2n) is 14.5. The summed E-state index contributed by atoms with van der Waals surface area (Å²) in [7, 11) is -4.82. The van der Waals surface area contributed by atoms with Crippen LogP contribution in [0.4, 0.5) is 0 Å². The predicted octanol–water partition coefficient (Wildman–Crippen LogP) is 8.89. The van der Waals surface area contributed by atoms with Crippen LogP contribution in [0.1, 0.15) is 149 Å². The van der Waals surface area contributed by atoms with Crippen LogP contribution in [0.15, 0.2) is 60.8 Å². The topological polar surface area (TPSA) is 180 Å². The number of hydrogen-bond donors (Lipinski definition) is 5. The van der Waals surface area contributed by atoms with Crippen LogP contribution in [0.25, 0.3) is 0 Å². The third-order valence-electron chi connectivity index (χ3n) is 9.62. The first kappa shape index (κ1) is 50.6. The van der Waals surface area contributed by atoms with Crippen molar-refractivity contribution in [3.8, 4) is 0 Å². The zero-order chi connectivity index (χ0) is 40.6. The Balaban J connectivity index is 2.29. The van der Waals surface area contributed by atoms with E-state index in [1.165, 1.54) is 0 Å². The van der Waals surface area contributed by atoms with Gasteiger partial charge in [0.1, 0.15) is 6.61 Å². The van der Waals surface area contributed by atoms with E-state index in [0.717, 1.165) is 89.9 Å². The molecule has 1 fully saturated rings. The Labute approximate surface area is 331 Å². The summed E-state index contributed by atoms with van der Waals surface area (Å²) in [5.41, 5.74) is 0. The summed E-state index contributed by atoms with van der Waals surface area (Å²) in [6.45, 7) is 3.27. The number of allylic oxidation sites excluding steroid dienone is 8. The quantitative estimate of drug-likeness (QED) is 0.0185. The summed E-state index contributed by atoms with van der Waals surface area (Å²) < 4.78 is 26.4. The van der Waals surface area contributed by atoms with Crippen LogP contribution in [0.3, 0.4) is 0 Å². The first-order chi connectivity index (χ1) is 26.5. The van der Waals surface area contributed by atoms with Gasteiger partial charge >= 0.3 is 19.8 Å². The zero-order valence-corrected chi connectivity index (χ0v) is 34.5. The first-order valence-electron chi connectivity index (χ1n) is 20.8. The molecule has 0 amide bonds. The average molecular weight is 797 g/mol. The average Bonchev–Trinajstić information content (AvgIpc) is 3.41. The van der Waals surface area contributed by atoms with E-state index < -0.39 is 50.8 Å². The van der Waals surface area contributed by atoms with Gasteiger partial charge in [0.25, 0.3) is 0 Å². The molecule has 0 saturated heterocycles. The second kappa shape index (κ2) is 32.7. The van der Waals surface area contributed by atoms with E-state index in [1.807, 2.05) is 6.08 Å². The van der Waals surface area contributed by atoms with Gasteiger partial charge < -0.3 is 34.6 Å². The van der Waals surface area contributed by atoms with Crippen LogP contribution in [-0.4, -0.2) is 74.7 Å². The lowest BCUT2D eigenvalue weighted by Gasteiger charge is -2.21. The van der Waals surface area contributed by atoms with Gasteiger partial charge in [-0.2, -0.15) is 0 Å². The molecule has 0 unspecified atom stereocenters. The molecule has 0 aliphatic heterocycles. The van der Waals surface area contributed by atoms with E-state index in [0.29, 0.717) is 32.1 Å². The summed E-state index contributed by atoms with van der Waals surface area (Å²) in [5.74, 6) is -1.37. The lowest BCUT2D eigenvalue weighted by molar-refractivity contribution is -0.161. The Hall–Kier alpha value is -2.37. The van der Waals surface area contributed by atoms with Crippen LogP contribution in [0.2, 0.25) is 0 Å². The molecule has 0 aromatic rings. The van der Waals surface area contributed by atoms with Crippen LogP contribution >= 0.6 is 7.82 Å². The van der Waals surface area contributed by atoms with Gasteiger partial charge in [-0.3, -0.25) is 14.1 Å². The third kappa shape index (κ3) is 28.6. The smallest absolute Gasteiger partial charge is 0.462 e. The summed E-state index contributed by atoms with van der Waals surface area (Å²) >= 11 is 0. The molecule has 0 bridgehead atoms. The van der Waals surface area contributed by atoms with Gasteiger partial charge in [0.15, 0.2) is 6.10 Å². The fraction of sp³-hybridized carbons (Fsp3) is 0.721. The highest BCUT2D eigenvalue weighted by Crippen LogP contribution is 2.38. The molecule has 0 heterocycles. The third-order valence-corrected chi connectivity index (χ3v) is 10.1. The number of carbonyl (C=O) groups is 2. The molecular weight excluding hydrogens is 723 g/mol. The van der Waals surface area contributed by atoms with Crippen molar-refractivity contribution in [2.24, 2.45) is 11.8 Å². The molecule has 1 aliphatic rings. The number of phosphoric acid groups is 1. The minimum atomic E-state index is -4.82. The fourth-order valence-electron chi connectivity index (χ4n) is 6.52. The molecule has 1 aliphatic carbocycles. The highest BCUT2D eigenvalue weighted by atomic mass is 31.2. The minimum absolute atomic E-state index is 0.0767. The van der Waals surface area contributed by atoms with E-state index in [4.69, 9.17) is 19.3 Å². The number of esters is 2. The number of ether oxygens (including phenoxy) is 2. The molecule has 11 nitrogen and oxygen atoms in total. The van der Waals surface area contributed by atoms with Crippen LogP contribution in [-0.2, 0) is 28.2 Å². The van der Waals surface area contributed by atoms with E-state index in [1.54, 1.807) is 6.08 Å². The number of hydrogen-bond acceptors (Lipinski definition) is 9. The zero-order valence-electron chi connectivity index (χ0n) is 33.6. The summed E-state index contributed by atoms with van der Waals surface area (Å²) in [5, 5.41) is 31.3. The molecule has 55 heavy (non-hydrogen) atoms. The van der Waals surface area contributed by atoms with Crippen molar-refractivity contribution < 1.29 is 53.3 Å². The van der Waals surface area contributed by atoms with Gasteiger partial charge in [0.05, 0.1) is 24.9 Å². The number of carbonyl (C=O) groups excluding carboxylic acids is 2. The van der Waals surface area contributed by atoms with Gasteiger partial charge in [-0.05, 0) is 70.1 Å². The first-order valence-corrected chi connectivity index (χ1v) is 22.4. The van der Waals surface area contributed by atoms with Crippen molar-refractivity contribution in [3.63, 3.8) is 0 Å². The molecule has 0 aromatic carbocycles. The number of phosphoric ester groups is 1.